The molecule has 21 heavy (non-hydrogen) atoms. The van der Waals surface area contributed by atoms with Gasteiger partial charge >= 0.3 is 5.97 Å². The summed E-state index contributed by atoms with van der Waals surface area (Å²) in [6.45, 7) is 3.52. The van der Waals surface area contributed by atoms with E-state index in [-0.39, 0.29) is 30.2 Å². The summed E-state index contributed by atoms with van der Waals surface area (Å²) in [7, 11) is 0. The van der Waals surface area contributed by atoms with Crippen molar-refractivity contribution in [1.29, 1.82) is 0 Å². The Labute approximate surface area is 123 Å². The number of nitrogens with one attached hydrogen (secondary N) is 1. The van der Waals surface area contributed by atoms with Gasteiger partial charge in [0.05, 0.1) is 5.92 Å². The molecule has 1 aliphatic carbocycles. The summed E-state index contributed by atoms with van der Waals surface area (Å²) in [4.78, 5) is 34.7. The van der Waals surface area contributed by atoms with Crippen LogP contribution in [-0.4, -0.2) is 24.3 Å². The van der Waals surface area contributed by atoms with Crippen molar-refractivity contribution in [3.63, 3.8) is 0 Å². The van der Waals surface area contributed by atoms with Gasteiger partial charge < -0.3 is 10.1 Å². The van der Waals surface area contributed by atoms with Gasteiger partial charge in [-0.2, -0.15) is 0 Å². The van der Waals surface area contributed by atoms with Crippen molar-refractivity contribution in [2.24, 2.45) is 11.8 Å². The quantitative estimate of drug-likeness (QED) is 0.645. The van der Waals surface area contributed by atoms with E-state index in [4.69, 9.17) is 4.74 Å². The van der Waals surface area contributed by atoms with E-state index in [2.05, 4.69) is 5.32 Å². The molecule has 0 heterocycles. The highest BCUT2D eigenvalue weighted by Gasteiger charge is 2.40. The Balaban J connectivity index is 1.84. The molecule has 1 aliphatic rings. The Bertz CT molecular complexity index is 550. The second-order valence-electron chi connectivity index (χ2n) is 5.33. The third-order valence-electron chi connectivity index (χ3n) is 3.57. The number of ether oxygens (including phenoxy) is 1. The van der Waals surface area contributed by atoms with Gasteiger partial charge in [0.25, 0.3) is 0 Å². The number of hydrogen-bond acceptors (Lipinski definition) is 4. The van der Waals surface area contributed by atoms with Gasteiger partial charge in [0, 0.05) is 17.7 Å². The molecule has 2 rings (SSSR count). The predicted molar refractivity (Wildman–Crippen MR) is 77.9 cm³/mol. The minimum absolute atomic E-state index is 0.0376. The number of ketones is 1. The standard InChI is InChI=1S/C16H19NO4/c1-3-15(19)17-12-6-4-11(5-7-12)14(18)9-21-16(20)13-8-10(13)2/h4-7,10,13H,3,8-9H2,1-2H3,(H,17,19)/t10-,13+/m1/s1. The second-order valence-corrected chi connectivity index (χ2v) is 5.33. The van der Waals surface area contributed by atoms with E-state index in [9.17, 15) is 14.4 Å². The van der Waals surface area contributed by atoms with Crippen LogP contribution in [0.1, 0.15) is 37.0 Å². The highest BCUT2D eigenvalue weighted by atomic mass is 16.5. The van der Waals surface area contributed by atoms with Crippen LogP contribution in [0.3, 0.4) is 0 Å². The lowest BCUT2D eigenvalue weighted by molar-refractivity contribution is -0.144. The average Bonchev–Trinajstić information content (AvgIpc) is 3.22. The summed E-state index contributed by atoms with van der Waals surface area (Å²) in [6.07, 6.45) is 1.25. The molecular weight excluding hydrogens is 270 g/mol. The van der Waals surface area contributed by atoms with E-state index < -0.39 is 0 Å². The fraction of sp³-hybridized carbons (Fsp3) is 0.438. The van der Waals surface area contributed by atoms with Crippen LogP contribution in [-0.2, 0) is 14.3 Å². The SMILES string of the molecule is CCC(=O)Nc1ccc(C(=O)COC(=O)[C@H]2C[C@H]2C)cc1. The van der Waals surface area contributed by atoms with Crippen molar-refractivity contribution in [3.8, 4) is 0 Å². The van der Waals surface area contributed by atoms with Crippen LogP contribution >= 0.6 is 0 Å². The van der Waals surface area contributed by atoms with Gasteiger partial charge in [-0.25, -0.2) is 0 Å². The molecule has 0 saturated heterocycles. The zero-order valence-electron chi connectivity index (χ0n) is 12.2. The van der Waals surface area contributed by atoms with E-state index in [0.29, 0.717) is 23.6 Å². The fourth-order valence-corrected chi connectivity index (χ4v) is 1.97. The van der Waals surface area contributed by atoms with Crippen molar-refractivity contribution < 1.29 is 19.1 Å². The van der Waals surface area contributed by atoms with E-state index in [1.54, 1.807) is 31.2 Å². The first-order valence-corrected chi connectivity index (χ1v) is 7.11. The van der Waals surface area contributed by atoms with Gasteiger partial charge in [0.2, 0.25) is 5.91 Å². The highest BCUT2D eigenvalue weighted by molar-refractivity contribution is 5.99. The maximum absolute atomic E-state index is 11.9. The van der Waals surface area contributed by atoms with Gasteiger partial charge in [-0.1, -0.05) is 13.8 Å². The molecule has 1 amide bonds. The number of amides is 1. The zero-order valence-corrected chi connectivity index (χ0v) is 12.2. The maximum atomic E-state index is 11.9. The molecule has 0 unspecified atom stereocenters. The van der Waals surface area contributed by atoms with Gasteiger partial charge in [-0.05, 0) is 36.6 Å². The van der Waals surface area contributed by atoms with E-state index in [1.807, 2.05) is 6.92 Å². The Hall–Kier alpha value is -2.17. The molecule has 1 saturated carbocycles. The molecule has 0 aliphatic heterocycles. The monoisotopic (exact) mass is 289 g/mol. The van der Waals surface area contributed by atoms with Crippen LogP contribution < -0.4 is 5.32 Å². The number of hydrogen-bond donors (Lipinski definition) is 1. The molecule has 0 spiro atoms. The third-order valence-corrected chi connectivity index (χ3v) is 3.57. The van der Waals surface area contributed by atoms with Crippen molar-refractivity contribution >= 4 is 23.3 Å². The van der Waals surface area contributed by atoms with Crippen LogP contribution in [0.4, 0.5) is 5.69 Å². The molecular formula is C16H19NO4. The molecule has 1 aromatic carbocycles. The number of carbonyl (C=O) groups excluding carboxylic acids is 3. The molecule has 0 aromatic heterocycles. The van der Waals surface area contributed by atoms with E-state index >= 15 is 0 Å². The summed E-state index contributed by atoms with van der Waals surface area (Å²) in [5, 5.41) is 2.70. The first-order chi connectivity index (χ1) is 10.0. The molecule has 112 valence electrons. The Morgan fingerprint density at radius 2 is 1.86 bits per heavy atom. The molecule has 5 heteroatoms. The normalized spacial score (nSPS) is 19.7. The van der Waals surface area contributed by atoms with Crippen LogP contribution in [0, 0.1) is 11.8 Å². The Morgan fingerprint density at radius 1 is 1.24 bits per heavy atom. The van der Waals surface area contributed by atoms with Crippen LogP contribution in [0.15, 0.2) is 24.3 Å². The van der Waals surface area contributed by atoms with Crippen molar-refractivity contribution in [3.05, 3.63) is 29.8 Å². The van der Waals surface area contributed by atoms with Crippen LogP contribution in [0.5, 0.6) is 0 Å². The van der Waals surface area contributed by atoms with Gasteiger partial charge in [0.15, 0.2) is 12.4 Å². The van der Waals surface area contributed by atoms with Gasteiger partial charge in [0.1, 0.15) is 0 Å². The van der Waals surface area contributed by atoms with E-state index in [1.165, 1.54) is 0 Å². The molecule has 1 N–H and O–H groups in total. The largest absolute Gasteiger partial charge is 0.457 e. The maximum Gasteiger partial charge on any atom is 0.309 e. The summed E-state index contributed by atoms with van der Waals surface area (Å²) < 4.78 is 5.01. The molecule has 5 nitrogen and oxygen atoms in total. The predicted octanol–water partition coefficient (Wildman–Crippen LogP) is 2.42. The van der Waals surface area contributed by atoms with Gasteiger partial charge in [-0.3, -0.25) is 14.4 Å². The van der Waals surface area contributed by atoms with E-state index in [0.717, 1.165) is 6.42 Å². The van der Waals surface area contributed by atoms with Crippen molar-refractivity contribution in [2.75, 3.05) is 11.9 Å². The Kier molecular flexibility index (Phi) is 4.73. The first kappa shape index (κ1) is 15.2. The molecule has 2 atom stereocenters. The van der Waals surface area contributed by atoms with Gasteiger partial charge in [-0.15, -0.1) is 0 Å². The third kappa shape index (κ3) is 4.15. The molecule has 1 fully saturated rings. The lowest BCUT2D eigenvalue weighted by Crippen LogP contribution is -2.16. The minimum Gasteiger partial charge on any atom is -0.457 e. The number of esters is 1. The number of anilines is 1. The summed E-state index contributed by atoms with van der Waals surface area (Å²) in [5.41, 5.74) is 1.10. The Morgan fingerprint density at radius 3 is 2.38 bits per heavy atom. The van der Waals surface area contributed by atoms with Crippen LogP contribution in [0.2, 0.25) is 0 Å². The number of Topliss-reactive ketones (excluding diaryl/α,β-unsaturated/α-hetero) is 1. The topological polar surface area (TPSA) is 72.5 Å². The lowest BCUT2D eigenvalue weighted by atomic mass is 10.1. The lowest BCUT2D eigenvalue weighted by Gasteiger charge is -2.06. The zero-order chi connectivity index (χ0) is 15.4. The number of rotatable bonds is 6. The molecule has 0 bridgehead atoms. The summed E-state index contributed by atoms with van der Waals surface area (Å²) in [5.74, 6) is -0.284. The fourth-order valence-electron chi connectivity index (χ4n) is 1.97. The number of carbonyl (C=O) groups is 3. The second kappa shape index (κ2) is 6.52. The molecule has 1 aromatic rings. The first-order valence-electron chi connectivity index (χ1n) is 7.11. The smallest absolute Gasteiger partial charge is 0.309 e. The van der Waals surface area contributed by atoms with Crippen molar-refractivity contribution in [2.45, 2.75) is 26.7 Å². The molecule has 0 radical (unpaired) electrons. The summed E-state index contributed by atoms with van der Waals surface area (Å²) in [6, 6.07) is 6.54. The number of benzene rings is 1. The minimum atomic E-state index is -0.289. The van der Waals surface area contributed by atoms with Crippen LogP contribution in [0.25, 0.3) is 0 Å². The average molecular weight is 289 g/mol. The highest BCUT2D eigenvalue weighted by Crippen LogP contribution is 2.38. The van der Waals surface area contributed by atoms with Crippen molar-refractivity contribution in [1.82, 2.24) is 0 Å². The summed E-state index contributed by atoms with van der Waals surface area (Å²) >= 11 is 0.